The highest BCUT2D eigenvalue weighted by atomic mass is 16.5. The predicted molar refractivity (Wildman–Crippen MR) is 70.4 cm³/mol. The molecule has 0 heterocycles. The second-order valence-corrected chi connectivity index (χ2v) is 4.21. The van der Waals surface area contributed by atoms with Crippen molar-refractivity contribution >= 4 is 5.91 Å². The molecule has 0 bridgehead atoms. The number of benzene rings is 1. The molecule has 4 nitrogen and oxygen atoms in total. The van der Waals surface area contributed by atoms with Crippen LogP contribution in [0.1, 0.15) is 32.3 Å². The van der Waals surface area contributed by atoms with Gasteiger partial charge in [-0.25, -0.2) is 0 Å². The van der Waals surface area contributed by atoms with Gasteiger partial charge in [-0.15, -0.1) is 0 Å². The molecule has 0 aliphatic rings. The maximum absolute atomic E-state index is 11.7. The van der Waals surface area contributed by atoms with Crippen molar-refractivity contribution in [2.75, 3.05) is 6.54 Å². The first-order valence-corrected chi connectivity index (χ1v) is 6.31. The highest BCUT2D eigenvalue weighted by Gasteiger charge is 2.13. The highest BCUT2D eigenvalue weighted by Crippen LogP contribution is 2.13. The van der Waals surface area contributed by atoms with Crippen molar-refractivity contribution in [1.29, 1.82) is 0 Å². The van der Waals surface area contributed by atoms with E-state index in [2.05, 4.69) is 12.2 Å². The summed E-state index contributed by atoms with van der Waals surface area (Å²) in [6.07, 6.45) is 1.52. The Morgan fingerprint density at radius 1 is 1.39 bits per heavy atom. The molecule has 1 unspecified atom stereocenters. The van der Waals surface area contributed by atoms with Crippen LogP contribution in [0.2, 0.25) is 0 Å². The van der Waals surface area contributed by atoms with Crippen LogP contribution >= 0.6 is 0 Å². The molecule has 0 saturated carbocycles. The Labute approximate surface area is 108 Å². The molecule has 0 aromatic heterocycles. The molecule has 0 radical (unpaired) electrons. The first-order valence-electron chi connectivity index (χ1n) is 6.31. The lowest BCUT2D eigenvalue weighted by Crippen LogP contribution is -2.36. The molecule has 100 valence electrons. The average Bonchev–Trinajstić information content (AvgIpc) is 2.39. The van der Waals surface area contributed by atoms with Gasteiger partial charge in [-0.2, -0.15) is 0 Å². The molecule has 0 aliphatic carbocycles. The number of rotatable bonds is 7. The van der Waals surface area contributed by atoms with Crippen LogP contribution in [-0.4, -0.2) is 23.7 Å². The van der Waals surface area contributed by atoms with Gasteiger partial charge >= 0.3 is 0 Å². The Hall–Kier alpha value is -1.55. The molecule has 1 atom stereocenters. The summed E-state index contributed by atoms with van der Waals surface area (Å²) >= 11 is 0. The molecule has 0 aliphatic heterocycles. The summed E-state index contributed by atoms with van der Waals surface area (Å²) in [5.41, 5.74) is 0.822. The van der Waals surface area contributed by atoms with E-state index < -0.39 is 6.10 Å². The number of ether oxygens (including phenoxy) is 1. The zero-order valence-corrected chi connectivity index (χ0v) is 11.0. The normalized spacial score (nSPS) is 11.9. The van der Waals surface area contributed by atoms with Gasteiger partial charge in [-0.3, -0.25) is 4.79 Å². The molecule has 1 aromatic carbocycles. The number of nitrogens with one attached hydrogen (secondary N) is 1. The highest BCUT2D eigenvalue weighted by molar-refractivity contribution is 5.80. The van der Waals surface area contributed by atoms with Crippen molar-refractivity contribution in [2.24, 2.45) is 0 Å². The van der Waals surface area contributed by atoms with E-state index in [0.717, 1.165) is 18.4 Å². The SMILES string of the molecule is CCCCNC(=O)C(C)Oc1ccc(CO)cc1. The van der Waals surface area contributed by atoms with Gasteiger partial charge in [0, 0.05) is 6.54 Å². The standard InChI is InChI=1S/C14H21NO3/c1-3-4-9-15-14(17)11(2)18-13-7-5-12(10-16)6-8-13/h5-8,11,16H,3-4,9-10H2,1-2H3,(H,15,17). The Kier molecular flexibility index (Phi) is 6.22. The van der Waals surface area contributed by atoms with E-state index in [4.69, 9.17) is 9.84 Å². The number of hydrogen-bond donors (Lipinski definition) is 2. The summed E-state index contributed by atoms with van der Waals surface area (Å²) in [4.78, 5) is 11.7. The van der Waals surface area contributed by atoms with Crippen LogP contribution in [0, 0.1) is 0 Å². The first kappa shape index (κ1) is 14.5. The quantitative estimate of drug-likeness (QED) is 0.727. The van der Waals surface area contributed by atoms with E-state index in [-0.39, 0.29) is 12.5 Å². The third-order valence-electron chi connectivity index (χ3n) is 2.62. The van der Waals surface area contributed by atoms with Crippen LogP contribution < -0.4 is 10.1 Å². The monoisotopic (exact) mass is 251 g/mol. The molecule has 2 N–H and O–H groups in total. The molecule has 1 aromatic rings. The fourth-order valence-corrected chi connectivity index (χ4v) is 1.46. The Morgan fingerprint density at radius 2 is 2.06 bits per heavy atom. The van der Waals surface area contributed by atoms with Crippen LogP contribution in [0.5, 0.6) is 5.75 Å². The maximum Gasteiger partial charge on any atom is 0.260 e. The fraction of sp³-hybridized carbons (Fsp3) is 0.500. The first-order chi connectivity index (χ1) is 8.67. The minimum atomic E-state index is -0.512. The van der Waals surface area contributed by atoms with Crippen LogP contribution in [0.15, 0.2) is 24.3 Å². The molecule has 1 rings (SSSR count). The van der Waals surface area contributed by atoms with Gasteiger partial charge in [-0.05, 0) is 31.0 Å². The number of hydrogen-bond acceptors (Lipinski definition) is 3. The van der Waals surface area contributed by atoms with E-state index in [0.29, 0.717) is 12.3 Å². The summed E-state index contributed by atoms with van der Waals surface area (Å²) in [5, 5.41) is 11.7. The molecular formula is C14H21NO3. The second-order valence-electron chi connectivity index (χ2n) is 4.21. The second kappa shape index (κ2) is 7.71. The topological polar surface area (TPSA) is 58.6 Å². The van der Waals surface area contributed by atoms with Gasteiger partial charge in [0.25, 0.3) is 5.91 Å². The summed E-state index contributed by atoms with van der Waals surface area (Å²) in [7, 11) is 0. The van der Waals surface area contributed by atoms with Crippen molar-refractivity contribution < 1.29 is 14.6 Å². The number of amides is 1. The maximum atomic E-state index is 11.7. The Morgan fingerprint density at radius 3 is 2.61 bits per heavy atom. The summed E-state index contributed by atoms with van der Waals surface area (Å²) in [6, 6.07) is 7.05. The van der Waals surface area contributed by atoms with Crippen molar-refractivity contribution in [1.82, 2.24) is 5.32 Å². The summed E-state index contributed by atoms with van der Waals surface area (Å²) in [5.74, 6) is 0.528. The number of unbranched alkanes of at least 4 members (excludes halogenated alkanes) is 1. The molecule has 0 spiro atoms. The van der Waals surface area contributed by atoms with Crippen LogP contribution in [0.4, 0.5) is 0 Å². The number of carbonyl (C=O) groups is 1. The van der Waals surface area contributed by atoms with Gasteiger partial charge in [0.05, 0.1) is 6.61 Å². The lowest BCUT2D eigenvalue weighted by molar-refractivity contribution is -0.127. The summed E-state index contributed by atoms with van der Waals surface area (Å²) in [6.45, 7) is 4.50. The largest absolute Gasteiger partial charge is 0.481 e. The lowest BCUT2D eigenvalue weighted by atomic mass is 10.2. The van der Waals surface area contributed by atoms with Crippen LogP contribution in [0.25, 0.3) is 0 Å². The predicted octanol–water partition coefficient (Wildman–Crippen LogP) is 1.86. The zero-order valence-electron chi connectivity index (χ0n) is 11.0. The van der Waals surface area contributed by atoms with Gasteiger partial charge in [0.15, 0.2) is 6.10 Å². The fourth-order valence-electron chi connectivity index (χ4n) is 1.46. The zero-order chi connectivity index (χ0) is 13.4. The molecule has 1 amide bonds. The number of carbonyl (C=O) groups excluding carboxylic acids is 1. The number of aliphatic hydroxyl groups excluding tert-OH is 1. The minimum absolute atomic E-state index is 0.00728. The van der Waals surface area contributed by atoms with Gasteiger partial charge in [0.2, 0.25) is 0 Å². The van der Waals surface area contributed by atoms with E-state index in [1.807, 2.05) is 0 Å². The van der Waals surface area contributed by atoms with Gasteiger partial charge < -0.3 is 15.2 Å². The van der Waals surface area contributed by atoms with Crippen LogP contribution in [0.3, 0.4) is 0 Å². The smallest absolute Gasteiger partial charge is 0.260 e. The number of aliphatic hydroxyl groups is 1. The van der Waals surface area contributed by atoms with E-state index >= 15 is 0 Å². The van der Waals surface area contributed by atoms with Gasteiger partial charge in [-0.1, -0.05) is 25.5 Å². The molecule has 4 heteroatoms. The van der Waals surface area contributed by atoms with Crippen molar-refractivity contribution in [3.05, 3.63) is 29.8 Å². The van der Waals surface area contributed by atoms with E-state index in [9.17, 15) is 4.79 Å². The molecular weight excluding hydrogens is 230 g/mol. The molecule has 0 fully saturated rings. The van der Waals surface area contributed by atoms with Crippen molar-refractivity contribution in [3.63, 3.8) is 0 Å². The third kappa shape index (κ3) is 4.75. The minimum Gasteiger partial charge on any atom is -0.481 e. The van der Waals surface area contributed by atoms with Crippen LogP contribution in [-0.2, 0) is 11.4 Å². The molecule has 0 saturated heterocycles. The average molecular weight is 251 g/mol. The van der Waals surface area contributed by atoms with Gasteiger partial charge in [0.1, 0.15) is 5.75 Å². The van der Waals surface area contributed by atoms with E-state index in [1.165, 1.54) is 0 Å². The van der Waals surface area contributed by atoms with E-state index in [1.54, 1.807) is 31.2 Å². The summed E-state index contributed by atoms with van der Waals surface area (Å²) < 4.78 is 5.51. The molecule has 18 heavy (non-hydrogen) atoms. The lowest BCUT2D eigenvalue weighted by Gasteiger charge is -2.14. The van der Waals surface area contributed by atoms with Crippen molar-refractivity contribution in [3.8, 4) is 5.75 Å². The van der Waals surface area contributed by atoms with Crippen molar-refractivity contribution in [2.45, 2.75) is 39.4 Å². The Bertz CT molecular complexity index is 362. The third-order valence-corrected chi connectivity index (χ3v) is 2.62. The Balaban J connectivity index is 2.42.